The van der Waals surface area contributed by atoms with Crippen LogP contribution in [0.1, 0.15) is 22.0 Å². The van der Waals surface area contributed by atoms with Crippen LogP contribution in [0.4, 0.5) is 0 Å². The Bertz CT molecular complexity index is 1280. The van der Waals surface area contributed by atoms with Crippen LogP contribution in [-0.2, 0) is 16.1 Å². The first kappa shape index (κ1) is 18.3. The number of carbonyl (C=O) groups is 2. The molecule has 30 heavy (non-hydrogen) atoms. The van der Waals surface area contributed by atoms with Crippen molar-refractivity contribution in [3.05, 3.63) is 94.1 Å². The summed E-state index contributed by atoms with van der Waals surface area (Å²) in [5, 5.41) is 13.9. The molecule has 1 aromatic carbocycles. The van der Waals surface area contributed by atoms with Gasteiger partial charge in [0.05, 0.1) is 11.6 Å². The van der Waals surface area contributed by atoms with Crippen molar-refractivity contribution in [1.82, 2.24) is 14.9 Å². The van der Waals surface area contributed by atoms with Gasteiger partial charge in [0.1, 0.15) is 5.76 Å². The lowest BCUT2D eigenvalue weighted by molar-refractivity contribution is -0.140. The monoisotopic (exact) mass is 415 g/mol. The Hall–Kier alpha value is -3.71. The molecule has 1 aliphatic heterocycles. The van der Waals surface area contributed by atoms with E-state index < -0.39 is 17.7 Å². The number of benzene rings is 1. The number of thiophene rings is 1. The third-order valence-electron chi connectivity index (χ3n) is 5.30. The summed E-state index contributed by atoms with van der Waals surface area (Å²) in [6, 6.07) is 14.2. The largest absolute Gasteiger partial charge is 0.507 e. The van der Waals surface area contributed by atoms with Crippen molar-refractivity contribution in [2.75, 3.05) is 0 Å². The van der Waals surface area contributed by atoms with Crippen LogP contribution < -0.4 is 0 Å². The standard InChI is InChI=1S/C23H17N3O3S/c27-21(16-12-25-17-5-2-1-4-15(16)17)19-20(18-6-3-11-30-18)26(23(29)22(19)28)13-14-7-9-24-10-8-14/h1-12,20,25,27H,13H2/b21-19-. The second kappa shape index (κ2) is 7.27. The molecule has 0 bridgehead atoms. The van der Waals surface area contributed by atoms with E-state index in [-0.39, 0.29) is 17.9 Å². The normalized spacial score (nSPS) is 18.4. The number of carbonyl (C=O) groups excluding carboxylic acids is 2. The van der Waals surface area contributed by atoms with Crippen molar-refractivity contribution >= 4 is 39.7 Å². The Balaban J connectivity index is 1.67. The Morgan fingerprint density at radius 3 is 2.67 bits per heavy atom. The molecule has 3 aromatic heterocycles. The van der Waals surface area contributed by atoms with E-state index in [9.17, 15) is 14.7 Å². The highest BCUT2D eigenvalue weighted by atomic mass is 32.1. The molecule has 0 radical (unpaired) electrons. The zero-order valence-electron chi connectivity index (χ0n) is 15.8. The van der Waals surface area contributed by atoms with E-state index in [1.54, 1.807) is 18.6 Å². The number of pyridine rings is 1. The fourth-order valence-corrected chi connectivity index (χ4v) is 4.73. The van der Waals surface area contributed by atoms with E-state index in [1.165, 1.54) is 16.2 Å². The number of amides is 1. The number of likely N-dealkylation sites (tertiary alicyclic amines) is 1. The summed E-state index contributed by atoms with van der Waals surface area (Å²) in [6.07, 6.45) is 4.97. The Morgan fingerprint density at radius 1 is 1.10 bits per heavy atom. The van der Waals surface area contributed by atoms with Gasteiger partial charge < -0.3 is 15.0 Å². The van der Waals surface area contributed by atoms with E-state index in [2.05, 4.69) is 9.97 Å². The molecule has 1 saturated heterocycles. The molecule has 5 rings (SSSR count). The number of hydrogen-bond donors (Lipinski definition) is 2. The molecule has 1 amide bonds. The van der Waals surface area contributed by atoms with E-state index in [4.69, 9.17) is 0 Å². The van der Waals surface area contributed by atoms with E-state index in [0.717, 1.165) is 21.3 Å². The minimum Gasteiger partial charge on any atom is -0.507 e. The first-order valence-electron chi connectivity index (χ1n) is 9.42. The molecule has 148 valence electrons. The van der Waals surface area contributed by atoms with Crippen LogP contribution in [0.3, 0.4) is 0 Å². The molecule has 4 heterocycles. The van der Waals surface area contributed by atoms with Gasteiger partial charge in [-0.1, -0.05) is 24.3 Å². The number of aliphatic hydroxyl groups is 1. The van der Waals surface area contributed by atoms with E-state index in [1.807, 2.05) is 53.9 Å². The van der Waals surface area contributed by atoms with Gasteiger partial charge >= 0.3 is 0 Å². The van der Waals surface area contributed by atoms with Crippen molar-refractivity contribution < 1.29 is 14.7 Å². The number of nitrogens with one attached hydrogen (secondary N) is 1. The van der Waals surface area contributed by atoms with Gasteiger partial charge in [0.2, 0.25) is 0 Å². The Labute approximate surface area is 176 Å². The van der Waals surface area contributed by atoms with Crippen LogP contribution in [0.2, 0.25) is 0 Å². The molecular formula is C23H17N3O3S. The van der Waals surface area contributed by atoms with E-state index >= 15 is 0 Å². The van der Waals surface area contributed by atoms with Gasteiger partial charge in [-0.2, -0.15) is 0 Å². The second-order valence-corrected chi connectivity index (χ2v) is 8.03. The highest BCUT2D eigenvalue weighted by molar-refractivity contribution is 7.10. The predicted octanol–water partition coefficient (Wildman–Crippen LogP) is 4.25. The van der Waals surface area contributed by atoms with Gasteiger partial charge in [0.25, 0.3) is 11.7 Å². The maximum absolute atomic E-state index is 13.1. The van der Waals surface area contributed by atoms with Crippen LogP contribution in [0, 0.1) is 0 Å². The van der Waals surface area contributed by atoms with Gasteiger partial charge in [-0.15, -0.1) is 11.3 Å². The van der Waals surface area contributed by atoms with Crippen LogP contribution in [-0.4, -0.2) is 31.7 Å². The lowest BCUT2D eigenvalue weighted by Gasteiger charge is -2.24. The number of Topliss-reactive ketones (excluding diaryl/α,β-unsaturated/α-hetero) is 1. The lowest BCUT2D eigenvalue weighted by Crippen LogP contribution is -2.28. The maximum atomic E-state index is 13.1. The Kier molecular flexibility index (Phi) is 4.44. The topological polar surface area (TPSA) is 86.3 Å². The summed E-state index contributed by atoms with van der Waals surface area (Å²) < 4.78 is 0. The van der Waals surface area contributed by atoms with Gasteiger partial charge in [-0.05, 0) is 35.2 Å². The number of ketones is 1. The number of aromatic nitrogens is 2. The molecule has 2 N–H and O–H groups in total. The third kappa shape index (κ3) is 2.91. The van der Waals surface area contributed by atoms with Crippen LogP contribution in [0.15, 0.2) is 78.1 Å². The quantitative estimate of drug-likeness (QED) is 0.296. The highest BCUT2D eigenvalue weighted by Gasteiger charge is 2.46. The average Bonchev–Trinajstić information content (AvgIpc) is 3.49. The minimum atomic E-state index is -0.676. The SMILES string of the molecule is O=C1C(=O)N(Cc2ccncc2)C(c2cccs2)/C1=C(/O)c1c[nH]c2ccccc12. The molecule has 0 aliphatic carbocycles. The highest BCUT2D eigenvalue weighted by Crippen LogP contribution is 2.42. The van der Waals surface area contributed by atoms with Gasteiger partial charge in [0, 0.05) is 46.5 Å². The number of aliphatic hydroxyl groups excluding tert-OH is 1. The molecule has 1 aliphatic rings. The third-order valence-corrected chi connectivity index (χ3v) is 6.22. The summed E-state index contributed by atoms with van der Waals surface area (Å²) in [5.74, 6) is -1.46. The smallest absolute Gasteiger partial charge is 0.295 e. The molecule has 4 aromatic rings. The molecular weight excluding hydrogens is 398 g/mol. The summed E-state index contributed by atoms with van der Waals surface area (Å²) in [7, 11) is 0. The number of H-pyrrole nitrogens is 1. The molecule has 1 unspecified atom stereocenters. The first-order chi connectivity index (χ1) is 14.6. The number of aromatic amines is 1. The molecule has 1 fully saturated rings. The molecule has 0 spiro atoms. The van der Waals surface area contributed by atoms with Gasteiger partial charge in [-0.25, -0.2) is 0 Å². The zero-order chi connectivity index (χ0) is 20.7. The van der Waals surface area contributed by atoms with Crippen LogP contribution in [0.5, 0.6) is 0 Å². The predicted molar refractivity (Wildman–Crippen MR) is 115 cm³/mol. The Morgan fingerprint density at radius 2 is 1.90 bits per heavy atom. The second-order valence-electron chi connectivity index (χ2n) is 7.05. The number of hydrogen-bond acceptors (Lipinski definition) is 5. The number of nitrogens with zero attached hydrogens (tertiary/aromatic N) is 2. The average molecular weight is 415 g/mol. The summed E-state index contributed by atoms with van der Waals surface area (Å²) in [4.78, 5) is 35.5. The zero-order valence-corrected chi connectivity index (χ0v) is 16.6. The maximum Gasteiger partial charge on any atom is 0.295 e. The van der Waals surface area contributed by atoms with Crippen molar-refractivity contribution in [3.8, 4) is 0 Å². The van der Waals surface area contributed by atoms with Crippen molar-refractivity contribution in [3.63, 3.8) is 0 Å². The van der Waals surface area contributed by atoms with E-state index in [0.29, 0.717) is 5.56 Å². The molecule has 1 atom stereocenters. The number of rotatable bonds is 4. The fourth-order valence-electron chi connectivity index (χ4n) is 3.88. The summed E-state index contributed by atoms with van der Waals surface area (Å²) in [5.41, 5.74) is 2.33. The first-order valence-corrected chi connectivity index (χ1v) is 10.3. The van der Waals surface area contributed by atoms with Crippen molar-refractivity contribution in [2.24, 2.45) is 0 Å². The summed E-state index contributed by atoms with van der Waals surface area (Å²) in [6.45, 7) is 0.250. The minimum absolute atomic E-state index is 0.112. The summed E-state index contributed by atoms with van der Waals surface area (Å²) >= 11 is 1.45. The fraction of sp³-hybridized carbons (Fsp3) is 0.0870. The molecule has 6 nitrogen and oxygen atoms in total. The number of fused-ring (bicyclic) bond motifs is 1. The van der Waals surface area contributed by atoms with Crippen LogP contribution in [0.25, 0.3) is 16.7 Å². The van der Waals surface area contributed by atoms with Gasteiger partial charge in [0.15, 0.2) is 0 Å². The van der Waals surface area contributed by atoms with Crippen LogP contribution >= 0.6 is 11.3 Å². The lowest BCUT2D eigenvalue weighted by atomic mass is 9.99. The number of para-hydroxylation sites is 1. The van der Waals surface area contributed by atoms with Crippen molar-refractivity contribution in [2.45, 2.75) is 12.6 Å². The molecule has 0 saturated carbocycles. The molecule has 7 heteroatoms. The van der Waals surface area contributed by atoms with Crippen molar-refractivity contribution in [1.29, 1.82) is 0 Å². The van der Waals surface area contributed by atoms with Gasteiger partial charge in [-0.3, -0.25) is 14.6 Å².